The third-order valence-electron chi connectivity index (χ3n) is 6.19. The van der Waals surface area contributed by atoms with E-state index in [1.165, 1.54) is 19.3 Å². The molecule has 1 atom stereocenters. The highest BCUT2D eigenvalue weighted by atomic mass is 16.6. The number of amides is 2. The first-order chi connectivity index (χ1) is 15.2. The Bertz CT molecular complexity index is 987. The molecule has 7 heteroatoms. The largest absolute Gasteiger partial charge is 0.486 e. The Morgan fingerprint density at radius 2 is 1.74 bits per heavy atom. The van der Waals surface area contributed by atoms with Gasteiger partial charge in [0.25, 0.3) is 0 Å². The average molecular weight is 421 g/mol. The van der Waals surface area contributed by atoms with Crippen LogP contribution in [0.15, 0.2) is 42.5 Å². The second-order valence-electron chi connectivity index (χ2n) is 8.29. The Hall–Kier alpha value is -3.22. The molecule has 2 fully saturated rings. The molecule has 5 rings (SSSR count). The molecule has 3 aliphatic heterocycles. The van der Waals surface area contributed by atoms with E-state index in [9.17, 15) is 9.59 Å². The van der Waals surface area contributed by atoms with Gasteiger partial charge in [-0.3, -0.25) is 9.59 Å². The third kappa shape index (κ3) is 4.04. The second-order valence-corrected chi connectivity index (χ2v) is 8.29. The lowest BCUT2D eigenvalue weighted by molar-refractivity contribution is -0.122. The topological polar surface area (TPSA) is 71.1 Å². The van der Waals surface area contributed by atoms with Gasteiger partial charge in [-0.25, -0.2) is 0 Å². The zero-order valence-electron chi connectivity index (χ0n) is 17.5. The average Bonchev–Trinajstić information content (AvgIpc) is 3.21. The maximum atomic E-state index is 13.1. The molecule has 2 aromatic rings. The number of anilines is 3. The lowest BCUT2D eigenvalue weighted by Gasteiger charge is -2.30. The molecule has 0 radical (unpaired) electrons. The van der Waals surface area contributed by atoms with Gasteiger partial charge in [0.15, 0.2) is 11.5 Å². The summed E-state index contributed by atoms with van der Waals surface area (Å²) in [7, 11) is 0. The molecule has 0 bridgehead atoms. The minimum Gasteiger partial charge on any atom is -0.486 e. The van der Waals surface area contributed by atoms with Gasteiger partial charge in [0.2, 0.25) is 11.8 Å². The van der Waals surface area contributed by atoms with Crippen LogP contribution in [0.5, 0.6) is 11.5 Å². The molecular formula is C24H27N3O4. The van der Waals surface area contributed by atoms with Crippen LogP contribution in [0.25, 0.3) is 0 Å². The van der Waals surface area contributed by atoms with Gasteiger partial charge in [-0.05, 0) is 43.5 Å². The Morgan fingerprint density at radius 3 is 2.58 bits per heavy atom. The van der Waals surface area contributed by atoms with Crippen LogP contribution >= 0.6 is 0 Å². The molecule has 2 aromatic carbocycles. The number of benzene rings is 2. The van der Waals surface area contributed by atoms with E-state index in [2.05, 4.69) is 16.3 Å². The smallest absolute Gasteiger partial charge is 0.229 e. The van der Waals surface area contributed by atoms with E-state index in [4.69, 9.17) is 9.47 Å². The number of para-hydroxylation sites is 2. The molecule has 2 saturated heterocycles. The van der Waals surface area contributed by atoms with Gasteiger partial charge in [-0.15, -0.1) is 0 Å². The van der Waals surface area contributed by atoms with Gasteiger partial charge >= 0.3 is 0 Å². The summed E-state index contributed by atoms with van der Waals surface area (Å²) in [6, 6.07) is 13.4. The molecule has 0 saturated carbocycles. The summed E-state index contributed by atoms with van der Waals surface area (Å²) >= 11 is 0. The normalized spacial score (nSPS) is 20.6. The molecule has 0 aromatic heterocycles. The van der Waals surface area contributed by atoms with Gasteiger partial charge in [0, 0.05) is 37.8 Å². The highest BCUT2D eigenvalue weighted by Gasteiger charge is 2.36. The zero-order chi connectivity index (χ0) is 21.2. The van der Waals surface area contributed by atoms with Crippen LogP contribution in [0.3, 0.4) is 0 Å². The summed E-state index contributed by atoms with van der Waals surface area (Å²) in [5, 5.41) is 3.09. The molecule has 1 N–H and O–H groups in total. The molecule has 31 heavy (non-hydrogen) atoms. The van der Waals surface area contributed by atoms with Gasteiger partial charge in [-0.2, -0.15) is 0 Å². The van der Waals surface area contributed by atoms with Crippen molar-refractivity contribution in [3.05, 3.63) is 42.5 Å². The van der Waals surface area contributed by atoms with Crippen molar-refractivity contribution in [1.29, 1.82) is 0 Å². The summed E-state index contributed by atoms with van der Waals surface area (Å²) in [6.07, 6.45) is 3.80. The first-order valence-corrected chi connectivity index (χ1v) is 11.0. The van der Waals surface area contributed by atoms with Crippen LogP contribution in [-0.4, -0.2) is 44.7 Å². The van der Waals surface area contributed by atoms with Crippen molar-refractivity contribution < 1.29 is 19.1 Å². The quantitative estimate of drug-likeness (QED) is 0.819. The minimum absolute atomic E-state index is 0.0545. The number of nitrogens with zero attached hydrogens (tertiary/aromatic N) is 2. The van der Waals surface area contributed by atoms with Gasteiger partial charge in [-0.1, -0.05) is 12.1 Å². The minimum atomic E-state index is -0.393. The lowest BCUT2D eigenvalue weighted by atomic mass is 10.1. The molecular weight excluding hydrogens is 394 g/mol. The summed E-state index contributed by atoms with van der Waals surface area (Å²) in [5.41, 5.74) is 2.61. The van der Waals surface area contributed by atoms with E-state index in [0.717, 1.165) is 30.2 Å². The van der Waals surface area contributed by atoms with Crippen molar-refractivity contribution in [3.8, 4) is 11.5 Å². The zero-order valence-corrected chi connectivity index (χ0v) is 17.5. The summed E-state index contributed by atoms with van der Waals surface area (Å²) in [6.45, 7) is 3.39. The predicted octanol–water partition coefficient (Wildman–Crippen LogP) is 3.44. The van der Waals surface area contributed by atoms with Gasteiger partial charge in [0.1, 0.15) is 13.2 Å². The van der Waals surface area contributed by atoms with E-state index < -0.39 is 5.92 Å². The summed E-state index contributed by atoms with van der Waals surface area (Å²) in [4.78, 5) is 29.7. The fourth-order valence-electron chi connectivity index (χ4n) is 4.56. The number of nitrogens with one attached hydrogen (secondary N) is 1. The highest BCUT2D eigenvalue weighted by Crippen LogP contribution is 2.36. The van der Waals surface area contributed by atoms with Crippen molar-refractivity contribution in [3.63, 3.8) is 0 Å². The van der Waals surface area contributed by atoms with E-state index in [-0.39, 0.29) is 18.2 Å². The molecule has 3 aliphatic rings. The van der Waals surface area contributed by atoms with E-state index in [1.807, 2.05) is 36.4 Å². The number of hydrogen-bond acceptors (Lipinski definition) is 5. The number of rotatable bonds is 4. The molecule has 0 unspecified atom stereocenters. The maximum absolute atomic E-state index is 13.1. The fourth-order valence-corrected chi connectivity index (χ4v) is 4.56. The Balaban J connectivity index is 1.29. The number of piperidine rings is 1. The van der Waals surface area contributed by atoms with E-state index in [0.29, 0.717) is 31.3 Å². The van der Waals surface area contributed by atoms with Crippen LogP contribution in [0.2, 0.25) is 0 Å². The number of hydrogen-bond donors (Lipinski definition) is 1. The summed E-state index contributed by atoms with van der Waals surface area (Å²) < 4.78 is 11.2. The maximum Gasteiger partial charge on any atom is 0.229 e. The molecule has 0 aliphatic carbocycles. The number of carbonyl (C=O) groups excluding carboxylic acids is 2. The highest BCUT2D eigenvalue weighted by molar-refractivity contribution is 6.04. The molecule has 162 valence electrons. The lowest BCUT2D eigenvalue weighted by Crippen LogP contribution is -2.31. The first kappa shape index (κ1) is 19.7. The van der Waals surface area contributed by atoms with Crippen LogP contribution in [-0.2, 0) is 9.59 Å². The summed E-state index contributed by atoms with van der Waals surface area (Å²) in [5.74, 6) is 0.763. The third-order valence-corrected chi connectivity index (χ3v) is 6.19. The van der Waals surface area contributed by atoms with Crippen LogP contribution < -0.4 is 24.6 Å². The van der Waals surface area contributed by atoms with Crippen molar-refractivity contribution in [2.75, 3.05) is 48.0 Å². The van der Waals surface area contributed by atoms with Crippen molar-refractivity contribution >= 4 is 28.9 Å². The van der Waals surface area contributed by atoms with Gasteiger partial charge < -0.3 is 24.6 Å². The second kappa shape index (κ2) is 8.49. The van der Waals surface area contributed by atoms with E-state index >= 15 is 0 Å². The van der Waals surface area contributed by atoms with Crippen LogP contribution in [0.4, 0.5) is 17.1 Å². The SMILES string of the molecule is O=C(Nc1ccccc1N1CCCCC1)[C@H]1CC(=O)N(c2ccc3c(c2)OCCO3)C1. The first-order valence-electron chi connectivity index (χ1n) is 11.0. The molecule has 7 nitrogen and oxygen atoms in total. The molecule has 3 heterocycles. The number of fused-ring (bicyclic) bond motifs is 1. The Kier molecular flexibility index (Phi) is 5.40. The number of ether oxygens (including phenoxy) is 2. The van der Waals surface area contributed by atoms with E-state index in [1.54, 1.807) is 4.90 Å². The fraction of sp³-hybridized carbons (Fsp3) is 0.417. The predicted molar refractivity (Wildman–Crippen MR) is 119 cm³/mol. The molecule has 2 amide bonds. The van der Waals surface area contributed by atoms with Crippen LogP contribution in [0, 0.1) is 5.92 Å². The van der Waals surface area contributed by atoms with Crippen LogP contribution in [0.1, 0.15) is 25.7 Å². The number of carbonyl (C=O) groups is 2. The Morgan fingerprint density at radius 1 is 0.968 bits per heavy atom. The Labute approximate surface area is 181 Å². The van der Waals surface area contributed by atoms with Gasteiger partial charge in [0.05, 0.1) is 17.3 Å². The van der Waals surface area contributed by atoms with Crippen molar-refractivity contribution in [2.45, 2.75) is 25.7 Å². The van der Waals surface area contributed by atoms with Crippen molar-refractivity contribution in [2.24, 2.45) is 5.92 Å². The monoisotopic (exact) mass is 421 g/mol. The molecule has 0 spiro atoms. The van der Waals surface area contributed by atoms with Crippen molar-refractivity contribution in [1.82, 2.24) is 0 Å². The standard InChI is InChI=1S/C24H27N3O4/c28-23-14-17(16-27(23)18-8-9-21-22(15-18)31-13-12-30-21)24(29)25-19-6-2-3-7-20(19)26-10-4-1-5-11-26/h2-3,6-9,15,17H,1,4-5,10-14,16H2,(H,25,29)/t17-/m0/s1.